The van der Waals surface area contributed by atoms with Gasteiger partial charge in [-0.3, -0.25) is 4.79 Å². The van der Waals surface area contributed by atoms with Crippen LogP contribution in [0.5, 0.6) is 5.75 Å². The summed E-state index contributed by atoms with van der Waals surface area (Å²) in [5.41, 5.74) is 7.98. The van der Waals surface area contributed by atoms with Gasteiger partial charge in [0.15, 0.2) is 0 Å². The maximum Gasteiger partial charge on any atom is 0.573 e. The van der Waals surface area contributed by atoms with Gasteiger partial charge in [-0.2, -0.15) is 0 Å². The Morgan fingerprint density at radius 3 is 2.50 bits per heavy atom. The molecule has 0 radical (unpaired) electrons. The number of ether oxygens (including phenoxy) is 1. The van der Waals surface area contributed by atoms with Crippen LogP contribution in [0.15, 0.2) is 55.2 Å². The largest absolute Gasteiger partial charge is 0.573 e. The van der Waals surface area contributed by atoms with Crippen LogP contribution >= 0.6 is 0 Å². The number of aromatic nitrogens is 3. The standard InChI is InChI=1S/C21H19F3N6O2/c22-21(23,24)32-17-3-1-16(2-4-17)29-20(31)13-7-18(14-8-26-12-27-9-14)19(28-10-13)30-6-5-15(25)11-30/h1-4,7-10,12,15H,5-6,11,25H2,(H,29,31). The Morgan fingerprint density at radius 2 is 1.88 bits per heavy atom. The maximum absolute atomic E-state index is 12.8. The lowest BCUT2D eigenvalue weighted by molar-refractivity contribution is -0.274. The molecule has 1 aliphatic heterocycles. The number of hydrogen-bond donors (Lipinski definition) is 2. The Hall–Kier alpha value is -3.73. The number of rotatable bonds is 5. The zero-order valence-corrected chi connectivity index (χ0v) is 16.7. The zero-order valence-electron chi connectivity index (χ0n) is 16.7. The molecule has 8 nitrogen and oxygen atoms in total. The van der Waals surface area contributed by atoms with Crippen molar-refractivity contribution in [2.75, 3.05) is 23.3 Å². The van der Waals surface area contributed by atoms with Crippen molar-refractivity contribution in [3.63, 3.8) is 0 Å². The number of halogens is 3. The summed E-state index contributed by atoms with van der Waals surface area (Å²) >= 11 is 0. The highest BCUT2D eigenvalue weighted by Crippen LogP contribution is 2.31. The monoisotopic (exact) mass is 444 g/mol. The molecular weight excluding hydrogens is 425 g/mol. The van der Waals surface area contributed by atoms with Crippen molar-refractivity contribution in [3.8, 4) is 16.9 Å². The molecule has 1 amide bonds. The summed E-state index contributed by atoms with van der Waals surface area (Å²) in [7, 11) is 0. The summed E-state index contributed by atoms with van der Waals surface area (Å²) in [6.45, 7) is 1.39. The molecule has 2 aromatic heterocycles. The second kappa shape index (κ2) is 8.79. The van der Waals surface area contributed by atoms with Gasteiger partial charge in [-0.1, -0.05) is 0 Å². The number of anilines is 2. The summed E-state index contributed by atoms with van der Waals surface area (Å²) in [5, 5.41) is 2.64. The lowest BCUT2D eigenvalue weighted by Crippen LogP contribution is -2.27. The van der Waals surface area contributed by atoms with Gasteiger partial charge in [-0.15, -0.1) is 13.2 Å². The van der Waals surface area contributed by atoms with Crippen molar-refractivity contribution in [1.29, 1.82) is 0 Å². The molecule has 3 heterocycles. The minimum absolute atomic E-state index is 0.0453. The molecule has 1 unspecified atom stereocenters. The van der Waals surface area contributed by atoms with E-state index in [4.69, 9.17) is 5.73 Å². The molecule has 11 heteroatoms. The number of hydrogen-bond acceptors (Lipinski definition) is 7. The molecule has 1 aliphatic rings. The van der Waals surface area contributed by atoms with E-state index in [-0.39, 0.29) is 17.4 Å². The highest BCUT2D eigenvalue weighted by Gasteiger charge is 2.31. The van der Waals surface area contributed by atoms with Crippen molar-refractivity contribution in [1.82, 2.24) is 15.0 Å². The predicted molar refractivity (Wildman–Crippen MR) is 111 cm³/mol. The molecule has 0 saturated carbocycles. The molecule has 1 aromatic carbocycles. The fourth-order valence-corrected chi connectivity index (χ4v) is 3.41. The van der Waals surface area contributed by atoms with Crippen LogP contribution < -0.4 is 20.7 Å². The van der Waals surface area contributed by atoms with Gasteiger partial charge < -0.3 is 20.7 Å². The van der Waals surface area contributed by atoms with Gasteiger partial charge >= 0.3 is 6.36 Å². The third kappa shape index (κ3) is 5.11. The molecule has 4 rings (SSSR count). The van der Waals surface area contributed by atoms with E-state index in [1.54, 1.807) is 18.5 Å². The Bertz CT molecular complexity index is 1090. The van der Waals surface area contributed by atoms with E-state index in [1.165, 1.54) is 24.7 Å². The fourth-order valence-electron chi connectivity index (χ4n) is 3.41. The first-order valence-electron chi connectivity index (χ1n) is 9.71. The third-order valence-electron chi connectivity index (χ3n) is 4.87. The molecule has 32 heavy (non-hydrogen) atoms. The molecule has 1 fully saturated rings. The van der Waals surface area contributed by atoms with Gasteiger partial charge in [0.1, 0.15) is 17.9 Å². The number of nitrogens with zero attached hydrogens (tertiary/aromatic N) is 4. The number of nitrogens with two attached hydrogens (primary N) is 1. The van der Waals surface area contributed by atoms with Gasteiger partial charge in [-0.25, -0.2) is 15.0 Å². The lowest BCUT2D eigenvalue weighted by Gasteiger charge is -2.21. The van der Waals surface area contributed by atoms with Gasteiger partial charge in [-0.05, 0) is 36.8 Å². The number of nitrogens with one attached hydrogen (secondary N) is 1. The van der Waals surface area contributed by atoms with E-state index in [9.17, 15) is 18.0 Å². The highest BCUT2D eigenvalue weighted by atomic mass is 19.4. The van der Waals surface area contributed by atoms with Crippen LogP contribution in [0.3, 0.4) is 0 Å². The smallest absolute Gasteiger partial charge is 0.406 e. The van der Waals surface area contributed by atoms with Crippen molar-refractivity contribution >= 4 is 17.4 Å². The number of pyridine rings is 1. The summed E-state index contributed by atoms with van der Waals surface area (Å²) < 4.78 is 40.7. The number of carbonyl (C=O) groups is 1. The zero-order chi connectivity index (χ0) is 22.7. The van der Waals surface area contributed by atoms with Gasteiger partial charge in [0.2, 0.25) is 0 Å². The molecule has 3 aromatic rings. The molecule has 1 saturated heterocycles. The Kier molecular flexibility index (Phi) is 5.91. The first-order valence-corrected chi connectivity index (χ1v) is 9.71. The van der Waals surface area contributed by atoms with Gasteiger partial charge in [0.25, 0.3) is 5.91 Å². The average molecular weight is 444 g/mol. The summed E-state index contributed by atoms with van der Waals surface area (Å²) in [6, 6.07) is 6.60. The van der Waals surface area contributed by atoms with Crippen LogP contribution in [-0.2, 0) is 0 Å². The highest BCUT2D eigenvalue weighted by molar-refractivity contribution is 6.05. The minimum atomic E-state index is -4.78. The molecular formula is C21H19F3N6O2. The van der Waals surface area contributed by atoms with Crippen LogP contribution in [-0.4, -0.2) is 46.4 Å². The topological polar surface area (TPSA) is 106 Å². The van der Waals surface area contributed by atoms with E-state index in [0.717, 1.165) is 25.1 Å². The van der Waals surface area contributed by atoms with Crippen LogP contribution in [0.1, 0.15) is 16.8 Å². The number of carbonyl (C=O) groups excluding carboxylic acids is 1. The first-order chi connectivity index (χ1) is 15.3. The normalized spacial score (nSPS) is 16.1. The van der Waals surface area contributed by atoms with Crippen LogP contribution in [0.25, 0.3) is 11.1 Å². The quantitative estimate of drug-likeness (QED) is 0.622. The summed E-state index contributed by atoms with van der Waals surface area (Å²) in [5.74, 6) is -0.167. The second-order valence-corrected chi connectivity index (χ2v) is 7.24. The molecule has 166 valence electrons. The van der Waals surface area contributed by atoms with E-state index in [0.29, 0.717) is 29.2 Å². The predicted octanol–water partition coefficient (Wildman–Crippen LogP) is 3.23. The van der Waals surface area contributed by atoms with Crippen molar-refractivity contribution in [2.24, 2.45) is 5.73 Å². The third-order valence-corrected chi connectivity index (χ3v) is 4.87. The van der Waals surface area contributed by atoms with Crippen molar-refractivity contribution in [2.45, 2.75) is 18.8 Å². The van der Waals surface area contributed by atoms with E-state index in [2.05, 4.69) is 25.0 Å². The molecule has 0 aliphatic carbocycles. The van der Waals surface area contributed by atoms with Gasteiger partial charge in [0.05, 0.1) is 5.56 Å². The molecule has 0 spiro atoms. The van der Waals surface area contributed by atoms with E-state index < -0.39 is 12.3 Å². The maximum atomic E-state index is 12.8. The van der Waals surface area contributed by atoms with Crippen molar-refractivity contribution in [3.05, 3.63) is 60.8 Å². The lowest BCUT2D eigenvalue weighted by atomic mass is 10.1. The van der Waals surface area contributed by atoms with Crippen molar-refractivity contribution < 1.29 is 22.7 Å². The van der Waals surface area contributed by atoms with E-state index >= 15 is 0 Å². The molecule has 3 N–H and O–H groups in total. The Labute approximate surface area is 181 Å². The van der Waals surface area contributed by atoms with Crippen LogP contribution in [0.4, 0.5) is 24.7 Å². The summed E-state index contributed by atoms with van der Waals surface area (Å²) in [4.78, 5) is 27.4. The summed E-state index contributed by atoms with van der Waals surface area (Å²) in [6.07, 6.45) is 2.17. The van der Waals surface area contributed by atoms with Gasteiger partial charge in [0, 0.05) is 54.5 Å². The van der Waals surface area contributed by atoms with Crippen LogP contribution in [0.2, 0.25) is 0 Å². The van der Waals surface area contributed by atoms with E-state index in [1.807, 2.05) is 4.90 Å². The average Bonchev–Trinajstić information content (AvgIpc) is 3.20. The molecule has 1 atom stereocenters. The SMILES string of the molecule is NC1CCN(c2ncc(C(=O)Nc3ccc(OC(F)(F)F)cc3)cc2-c2cncnc2)C1. The number of alkyl halides is 3. The Morgan fingerprint density at radius 1 is 1.16 bits per heavy atom. The number of amides is 1. The Balaban J connectivity index is 1.57. The fraction of sp³-hybridized carbons (Fsp3) is 0.238. The number of benzene rings is 1. The van der Waals surface area contributed by atoms with Crippen LogP contribution in [0, 0.1) is 0 Å². The molecule has 0 bridgehead atoms. The minimum Gasteiger partial charge on any atom is -0.406 e. The second-order valence-electron chi connectivity index (χ2n) is 7.24. The first kappa shape index (κ1) is 21.5.